The normalized spacial score (nSPS) is 20.5. The summed E-state index contributed by atoms with van der Waals surface area (Å²) in [5, 5.41) is 14.4. The van der Waals surface area contributed by atoms with Gasteiger partial charge in [0, 0.05) is 0 Å². The molecule has 0 bridgehead atoms. The summed E-state index contributed by atoms with van der Waals surface area (Å²) < 4.78 is 28.7. The molecule has 0 amide bonds. The van der Waals surface area contributed by atoms with Gasteiger partial charge in [0.2, 0.25) is 0 Å². The molecule has 6 rings (SSSR count). The molecule has 1 aliphatic rings. The van der Waals surface area contributed by atoms with Crippen LogP contribution >= 0.6 is 0 Å². The van der Waals surface area contributed by atoms with Gasteiger partial charge in [-0.15, -0.1) is 5.54 Å². The van der Waals surface area contributed by atoms with Crippen molar-refractivity contribution in [2.24, 2.45) is 0 Å². The fourth-order valence-corrected chi connectivity index (χ4v) is 14.8. The van der Waals surface area contributed by atoms with E-state index in [2.05, 4.69) is 116 Å². The average molecular weight is 764 g/mol. The molecule has 0 saturated carbocycles. The van der Waals surface area contributed by atoms with Crippen LogP contribution in [0.25, 0.3) is 11.2 Å². The van der Waals surface area contributed by atoms with Crippen LogP contribution in [-0.4, -0.2) is 72.5 Å². The molecule has 4 atom stereocenters. The molecule has 1 fully saturated rings. The Morgan fingerprint density at radius 3 is 2.06 bits per heavy atom. The Morgan fingerprint density at radius 1 is 0.889 bits per heavy atom. The van der Waals surface area contributed by atoms with Crippen LogP contribution in [0.3, 0.4) is 0 Å². The SMILES string of the molecule is CC[Si](C#C[C@]1(CO[Si](c2ccccc2)(c2ccccc2)C(C)(C)C)O[C@@H](n2cnc3c(N)ncnc32)[C@H](O)[C@@H]1OCc1ccc(OC)cc1)(CC)CC. The van der Waals surface area contributed by atoms with E-state index in [9.17, 15) is 5.11 Å². The van der Waals surface area contributed by atoms with Gasteiger partial charge in [0.05, 0.1) is 26.7 Å². The number of benzene rings is 3. The van der Waals surface area contributed by atoms with Crippen LogP contribution in [0.2, 0.25) is 23.2 Å². The quantitative estimate of drug-likeness (QED) is 0.106. The molecule has 10 nitrogen and oxygen atoms in total. The van der Waals surface area contributed by atoms with Crippen LogP contribution in [0.5, 0.6) is 5.75 Å². The van der Waals surface area contributed by atoms with Crippen LogP contribution in [0, 0.1) is 11.5 Å². The highest BCUT2D eigenvalue weighted by Gasteiger charge is 2.59. The summed E-state index contributed by atoms with van der Waals surface area (Å²) in [7, 11) is -3.51. The third kappa shape index (κ3) is 7.36. The highest BCUT2D eigenvalue weighted by molar-refractivity contribution is 6.99. The minimum absolute atomic E-state index is 0.0412. The minimum Gasteiger partial charge on any atom is -0.497 e. The number of nitrogens with two attached hydrogens (primary N) is 1. The Labute approximate surface area is 321 Å². The van der Waals surface area contributed by atoms with Gasteiger partial charge < -0.3 is 29.5 Å². The van der Waals surface area contributed by atoms with Crippen molar-refractivity contribution >= 4 is 43.7 Å². The number of nitrogen functional groups attached to an aromatic ring is 1. The lowest BCUT2D eigenvalue weighted by Gasteiger charge is -2.45. The second-order valence-electron chi connectivity index (χ2n) is 15.1. The zero-order valence-corrected chi connectivity index (χ0v) is 34.5. The number of anilines is 1. The van der Waals surface area contributed by atoms with Gasteiger partial charge in [0.15, 0.2) is 23.3 Å². The number of fused-ring (bicyclic) bond motifs is 1. The fourth-order valence-electron chi connectivity index (χ4n) is 7.68. The summed E-state index contributed by atoms with van der Waals surface area (Å²) in [5.41, 5.74) is 10.4. The Hall–Kier alpha value is -4.36. The van der Waals surface area contributed by atoms with Gasteiger partial charge in [-0.1, -0.05) is 120 Å². The standard InChI is InChI=1S/C42H53N5O5Si2/c1-8-53(9-2,10-3)26-25-42(28-51-54(41(4,5)6,33-17-13-11-14-18-33)34-19-15-12-16-20-34)37(50-27-31-21-23-32(49-7)24-22-31)36(48)40(52-42)47-30-46-35-38(43)44-29-45-39(35)47/h11-24,29-30,36-37,40,48H,8-10,27-28H2,1-7H3,(H2,43,44,45)/t36-,37+,40-,42-/m1/s1. The van der Waals surface area contributed by atoms with Gasteiger partial charge in [-0.2, -0.15) is 0 Å². The molecule has 3 heterocycles. The Kier molecular flexibility index (Phi) is 11.8. The predicted molar refractivity (Wildman–Crippen MR) is 219 cm³/mol. The van der Waals surface area contributed by atoms with E-state index in [1.807, 2.05) is 36.4 Å². The summed E-state index contributed by atoms with van der Waals surface area (Å²) in [6.45, 7) is 13.7. The lowest BCUT2D eigenvalue weighted by molar-refractivity contribution is -0.105. The number of methoxy groups -OCH3 is 1. The molecule has 3 aromatic carbocycles. The summed E-state index contributed by atoms with van der Waals surface area (Å²) >= 11 is 0. The van der Waals surface area contributed by atoms with Crippen molar-refractivity contribution in [1.29, 1.82) is 0 Å². The van der Waals surface area contributed by atoms with Crippen LogP contribution in [0.4, 0.5) is 5.82 Å². The number of aromatic nitrogens is 4. The molecule has 1 aliphatic heterocycles. The first-order valence-corrected chi connectivity index (χ1v) is 23.3. The van der Waals surface area contributed by atoms with Crippen molar-refractivity contribution in [2.45, 2.75) is 95.4 Å². The second-order valence-corrected chi connectivity index (χ2v) is 24.3. The van der Waals surface area contributed by atoms with Crippen LogP contribution in [0.1, 0.15) is 53.3 Å². The third-order valence-electron chi connectivity index (χ3n) is 11.1. The molecule has 0 unspecified atom stereocenters. The maximum Gasteiger partial charge on any atom is 0.261 e. The molecule has 12 heteroatoms. The molecular weight excluding hydrogens is 711 g/mol. The van der Waals surface area contributed by atoms with E-state index in [4.69, 9.17) is 24.4 Å². The van der Waals surface area contributed by atoms with E-state index >= 15 is 0 Å². The molecule has 0 aliphatic carbocycles. The van der Waals surface area contributed by atoms with E-state index in [-0.39, 0.29) is 24.1 Å². The predicted octanol–water partition coefficient (Wildman–Crippen LogP) is 6.26. The Bertz CT molecular complexity index is 2010. The lowest BCUT2D eigenvalue weighted by atomic mass is 9.96. The van der Waals surface area contributed by atoms with Gasteiger partial charge in [0.25, 0.3) is 8.32 Å². The van der Waals surface area contributed by atoms with Crippen LogP contribution in [-0.2, 0) is 20.5 Å². The summed E-state index contributed by atoms with van der Waals surface area (Å²) in [6, 6.07) is 31.7. The zero-order chi connectivity index (χ0) is 38.6. The van der Waals surface area contributed by atoms with E-state index in [1.54, 1.807) is 18.0 Å². The van der Waals surface area contributed by atoms with E-state index in [0.717, 1.165) is 39.8 Å². The van der Waals surface area contributed by atoms with Gasteiger partial charge in [-0.25, -0.2) is 15.0 Å². The maximum atomic E-state index is 12.5. The molecule has 1 saturated heterocycles. The van der Waals surface area contributed by atoms with E-state index < -0.39 is 40.4 Å². The van der Waals surface area contributed by atoms with Crippen molar-refractivity contribution in [3.05, 3.63) is 103 Å². The first-order chi connectivity index (χ1) is 26.0. The Morgan fingerprint density at radius 2 is 1.50 bits per heavy atom. The van der Waals surface area contributed by atoms with Crippen molar-refractivity contribution < 1.29 is 23.7 Å². The summed E-state index contributed by atoms with van der Waals surface area (Å²) in [5.74, 6) is 4.68. The third-order valence-corrected chi connectivity index (χ3v) is 20.8. The Balaban J connectivity index is 1.54. The molecule has 0 radical (unpaired) electrons. The van der Waals surface area contributed by atoms with Crippen molar-refractivity contribution in [1.82, 2.24) is 19.5 Å². The van der Waals surface area contributed by atoms with Gasteiger partial charge >= 0.3 is 0 Å². The second kappa shape index (κ2) is 16.2. The monoisotopic (exact) mass is 763 g/mol. The number of hydrogen-bond acceptors (Lipinski definition) is 9. The van der Waals surface area contributed by atoms with Crippen molar-refractivity contribution in [3.63, 3.8) is 0 Å². The number of hydrogen-bond donors (Lipinski definition) is 2. The molecular formula is C42H53N5O5Si2. The number of aliphatic hydroxyl groups is 1. The van der Waals surface area contributed by atoms with Gasteiger partial charge in [0.1, 0.15) is 37.9 Å². The number of ether oxygens (including phenoxy) is 3. The smallest absolute Gasteiger partial charge is 0.261 e. The fraction of sp³-hybridized carbons (Fsp3) is 0.405. The van der Waals surface area contributed by atoms with Crippen molar-refractivity contribution in [3.8, 4) is 17.2 Å². The van der Waals surface area contributed by atoms with Gasteiger partial charge in [-0.3, -0.25) is 4.57 Å². The maximum absolute atomic E-state index is 12.5. The zero-order valence-electron chi connectivity index (χ0n) is 32.5. The van der Waals surface area contributed by atoms with Gasteiger partial charge in [-0.05, 0) is 51.2 Å². The minimum atomic E-state index is -3.10. The molecule has 54 heavy (non-hydrogen) atoms. The highest BCUT2D eigenvalue weighted by Crippen LogP contribution is 2.44. The summed E-state index contributed by atoms with van der Waals surface area (Å²) in [6.07, 6.45) is -0.112. The molecule has 3 N–H and O–H groups in total. The molecule has 5 aromatic rings. The largest absolute Gasteiger partial charge is 0.497 e. The summed E-state index contributed by atoms with van der Waals surface area (Å²) in [4.78, 5) is 13.1. The van der Waals surface area contributed by atoms with Crippen molar-refractivity contribution in [2.75, 3.05) is 19.5 Å². The van der Waals surface area contributed by atoms with E-state index in [0.29, 0.717) is 11.2 Å². The van der Waals surface area contributed by atoms with Crippen LogP contribution < -0.4 is 20.8 Å². The molecule has 284 valence electrons. The number of rotatable bonds is 13. The molecule has 0 spiro atoms. The number of aliphatic hydroxyl groups excluding tert-OH is 1. The topological polar surface area (TPSA) is 127 Å². The first-order valence-electron chi connectivity index (χ1n) is 18.8. The number of imidazole rings is 1. The molecule has 2 aromatic heterocycles. The number of nitrogens with zero attached hydrogens (tertiary/aromatic N) is 4. The van der Waals surface area contributed by atoms with E-state index in [1.165, 1.54) is 6.33 Å². The lowest BCUT2D eigenvalue weighted by Crippen LogP contribution is -2.68. The highest BCUT2D eigenvalue weighted by atomic mass is 28.4. The first kappa shape index (κ1) is 39.3. The van der Waals surface area contributed by atoms with Crippen LogP contribution in [0.15, 0.2) is 97.6 Å². The average Bonchev–Trinajstić information content (AvgIpc) is 3.74.